The average Bonchev–Trinajstić information content (AvgIpc) is 2.98. The molecule has 1 aliphatic heterocycles. The summed E-state index contributed by atoms with van der Waals surface area (Å²) in [7, 11) is 0. The summed E-state index contributed by atoms with van der Waals surface area (Å²) in [4.78, 5) is 18.2. The number of aromatic nitrogens is 2. The molecule has 24 heavy (non-hydrogen) atoms. The van der Waals surface area contributed by atoms with E-state index in [0.29, 0.717) is 5.92 Å². The van der Waals surface area contributed by atoms with Crippen LogP contribution in [0.2, 0.25) is 0 Å². The zero-order chi connectivity index (χ0) is 17.1. The van der Waals surface area contributed by atoms with Crippen LogP contribution in [0.4, 0.5) is 0 Å². The average molecular weight is 326 g/mol. The van der Waals surface area contributed by atoms with Crippen LogP contribution in [0, 0.1) is 13.8 Å². The highest BCUT2D eigenvalue weighted by atomic mass is 16.1. The lowest BCUT2D eigenvalue weighted by Gasteiger charge is -2.33. The van der Waals surface area contributed by atoms with E-state index in [-0.39, 0.29) is 12.5 Å². The van der Waals surface area contributed by atoms with Gasteiger partial charge in [0.1, 0.15) is 12.4 Å². The fraction of sp³-hybridized carbons (Fsp3) is 0.474. The number of likely N-dealkylation sites (tertiary alicyclic amines) is 1. The Bertz CT molecular complexity index is 722. The Morgan fingerprint density at radius 1 is 1.38 bits per heavy atom. The third-order valence-electron chi connectivity index (χ3n) is 4.84. The lowest BCUT2D eigenvalue weighted by Crippen LogP contribution is -2.35. The molecule has 1 saturated heterocycles. The maximum Gasteiger partial charge on any atom is 0.237 e. The van der Waals surface area contributed by atoms with E-state index in [0.717, 1.165) is 38.3 Å². The van der Waals surface area contributed by atoms with E-state index in [1.165, 1.54) is 16.7 Å². The summed E-state index contributed by atoms with van der Waals surface area (Å²) in [5.74, 6) is 1.02. The molecule has 3 rings (SSSR count). The minimum absolute atomic E-state index is 0.211. The maximum absolute atomic E-state index is 11.2. The minimum atomic E-state index is -0.322. The van der Waals surface area contributed by atoms with Crippen LogP contribution in [-0.4, -0.2) is 33.4 Å². The molecule has 1 aromatic carbocycles. The molecule has 0 spiro atoms. The van der Waals surface area contributed by atoms with Crippen LogP contribution in [0.25, 0.3) is 0 Å². The van der Waals surface area contributed by atoms with Crippen LogP contribution in [0.15, 0.2) is 30.6 Å². The number of hydrogen-bond acceptors (Lipinski definition) is 3. The van der Waals surface area contributed by atoms with Crippen molar-refractivity contribution in [3.63, 3.8) is 0 Å². The van der Waals surface area contributed by atoms with Crippen LogP contribution >= 0.6 is 0 Å². The maximum atomic E-state index is 11.2. The number of amides is 1. The van der Waals surface area contributed by atoms with E-state index < -0.39 is 0 Å². The summed E-state index contributed by atoms with van der Waals surface area (Å²) in [6.07, 6.45) is 5.88. The van der Waals surface area contributed by atoms with Crippen molar-refractivity contribution >= 4 is 5.91 Å². The summed E-state index contributed by atoms with van der Waals surface area (Å²) in [6.45, 7) is 7.58. The number of hydrogen-bond donors (Lipinski definition) is 1. The van der Waals surface area contributed by atoms with Gasteiger partial charge in [-0.15, -0.1) is 0 Å². The monoisotopic (exact) mass is 326 g/mol. The summed E-state index contributed by atoms with van der Waals surface area (Å²) < 4.78 is 1.90. The molecule has 0 radical (unpaired) electrons. The Kier molecular flexibility index (Phi) is 5.00. The fourth-order valence-corrected chi connectivity index (χ4v) is 3.66. The molecule has 1 aliphatic rings. The van der Waals surface area contributed by atoms with Gasteiger partial charge in [-0.1, -0.05) is 23.8 Å². The van der Waals surface area contributed by atoms with Crippen molar-refractivity contribution in [3.8, 4) is 0 Å². The molecule has 1 amide bonds. The van der Waals surface area contributed by atoms with Gasteiger partial charge in [0.15, 0.2) is 0 Å². The molecule has 0 unspecified atom stereocenters. The number of primary amides is 1. The van der Waals surface area contributed by atoms with Crippen molar-refractivity contribution < 1.29 is 4.79 Å². The predicted octanol–water partition coefficient (Wildman–Crippen LogP) is 2.36. The molecule has 0 saturated carbocycles. The van der Waals surface area contributed by atoms with E-state index >= 15 is 0 Å². The largest absolute Gasteiger partial charge is 0.368 e. The Balaban J connectivity index is 1.70. The summed E-state index contributed by atoms with van der Waals surface area (Å²) >= 11 is 0. The molecule has 1 atom stereocenters. The van der Waals surface area contributed by atoms with Gasteiger partial charge in [0.25, 0.3) is 0 Å². The predicted molar refractivity (Wildman–Crippen MR) is 94.6 cm³/mol. The number of rotatable bonds is 5. The molecule has 0 aliphatic carbocycles. The molecular formula is C19H26N4O. The van der Waals surface area contributed by atoms with E-state index in [2.05, 4.69) is 41.9 Å². The molecule has 1 aromatic heterocycles. The van der Waals surface area contributed by atoms with Gasteiger partial charge in [0.2, 0.25) is 5.91 Å². The highest BCUT2D eigenvalue weighted by molar-refractivity contribution is 5.73. The molecular weight excluding hydrogens is 300 g/mol. The highest BCUT2D eigenvalue weighted by Gasteiger charge is 2.25. The number of imidazole rings is 1. The molecule has 2 N–H and O–H groups in total. The fourth-order valence-electron chi connectivity index (χ4n) is 3.66. The standard InChI is InChI=1S/C19H26N4O/c1-14-5-6-16(15(2)10-14)11-22-8-3-4-17(12-22)19-21-7-9-23(19)13-18(20)24/h5-7,9-10,17H,3-4,8,11-13H2,1-2H3,(H2,20,24)/t17-/m0/s1. The van der Waals surface area contributed by atoms with Crippen LogP contribution in [-0.2, 0) is 17.9 Å². The SMILES string of the molecule is Cc1ccc(CN2CCC[C@H](c3nccn3CC(N)=O)C2)c(C)c1. The summed E-state index contributed by atoms with van der Waals surface area (Å²) in [5, 5.41) is 0. The van der Waals surface area contributed by atoms with Crippen molar-refractivity contribution in [3.05, 3.63) is 53.1 Å². The lowest BCUT2D eigenvalue weighted by molar-refractivity contribution is -0.118. The third-order valence-corrected chi connectivity index (χ3v) is 4.84. The van der Waals surface area contributed by atoms with Crippen LogP contribution in [0.1, 0.15) is 41.3 Å². The van der Waals surface area contributed by atoms with Gasteiger partial charge in [0.05, 0.1) is 0 Å². The highest BCUT2D eigenvalue weighted by Crippen LogP contribution is 2.27. The van der Waals surface area contributed by atoms with E-state index in [1.807, 2.05) is 10.8 Å². The van der Waals surface area contributed by atoms with Crippen molar-refractivity contribution in [2.75, 3.05) is 13.1 Å². The Labute approximate surface area is 143 Å². The van der Waals surface area contributed by atoms with Crippen molar-refractivity contribution in [2.45, 2.75) is 45.7 Å². The first-order chi connectivity index (χ1) is 11.5. The molecule has 128 valence electrons. The number of carbonyl (C=O) groups is 1. The van der Waals surface area contributed by atoms with Gasteiger partial charge >= 0.3 is 0 Å². The minimum Gasteiger partial charge on any atom is -0.368 e. The molecule has 2 aromatic rings. The van der Waals surface area contributed by atoms with Crippen molar-refractivity contribution in [2.24, 2.45) is 5.73 Å². The Morgan fingerprint density at radius 2 is 2.21 bits per heavy atom. The number of nitrogens with two attached hydrogens (primary N) is 1. The van der Waals surface area contributed by atoms with Gasteiger partial charge in [-0.05, 0) is 44.4 Å². The molecule has 2 heterocycles. The molecule has 0 bridgehead atoms. The van der Waals surface area contributed by atoms with Gasteiger partial charge in [-0.3, -0.25) is 9.69 Å². The van der Waals surface area contributed by atoms with Crippen LogP contribution < -0.4 is 5.73 Å². The molecule has 1 fully saturated rings. The first-order valence-corrected chi connectivity index (χ1v) is 8.60. The second-order valence-electron chi connectivity index (χ2n) is 6.88. The zero-order valence-electron chi connectivity index (χ0n) is 14.5. The number of aryl methyl sites for hydroxylation is 2. The van der Waals surface area contributed by atoms with Gasteiger partial charge in [0, 0.05) is 31.4 Å². The quantitative estimate of drug-likeness (QED) is 0.917. The first-order valence-electron chi connectivity index (χ1n) is 8.60. The van der Waals surface area contributed by atoms with Gasteiger partial charge < -0.3 is 10.3 Å². The number of nitrogens with zero attached hydrogens (tertiary/aromatic N) is 3. The van der Waals surface area contributed by atoms with Gasteiger partial charge in [-0.25, -0.2) is 4.98 Å². The smallest absolute Gasteiger partial charge is 0.237 e. The van der Waals surface area contributed by atoms with Gasteiger partial charge in [-0.2, -0.15) is 0 Å². The van der Waals surface area contributed by atoms with Crippen LogP contribution in [0.3, 0.4) is 0 Å². The van der Waals surface area contributed by atoms with Crippen molar-refractivity contribution in [1.29, 1.82) is 0 Å². The van der Waals surface area contributed by atoms with Crippen molar-refractivity contribution in [1.82, 2.24) is 14.5 Å². The molecule has 5 nitrogen and oxygen atoms in total. The zero-order valence-corrected chi connectivity index (χ0v) is 14.5. The summed E-state index contributed by atoms with van der Waals surface area (Å²) in [5.41, 5.74) is 9.39. The summed E-state index contributed by atoms with van der Waals surface area (Å²) in [6, 6.07) is 6.67. The Morgan fingerprint density at radius 3 is 2.96 bits per heavy atom. The first kappa shape index (κ1) is 16.7. The normalized spacial score (nSPS) is 18.7. The number of benzene rings is 1. The topological polar surface area (TPSA) is 64.2 Å². The molecule has 5 heteroatoms. The van der Waals surface area contributed by atoms with Crippen LogP contribution in [0.5, 0.6) is 0 Å². The second kappa shape index (κ2) is 7.18. The third kappa shape index (κ3) is 3.85. The number of carbonyl (C=O) groups excluding carboxylic acids is 1. The van der Waals surface area contributed by atoms with E-state index in [4.69, 9.17) is 5.73 Å². The van der Waals surface area contributed by atoms with E-state index in [9.17, 15) is 4.79 Å². The van der Waals surface area contributed by atoms with E-state index in [1.54, 1.807) is 6.20 Å². The Hall–Kier alpha value is -2.14. The number of piperidine rings is 1. The lowest BCUT2D eigenvalue weighted by atomic mass is 9.96. The second-order valence-corrected chi connectivity index (χ2v) is 6.88.